The molecule has 0 unspecified atom stereocenters. The van der Waals surface area contributed by atoms with Gasteiger partial charge in [-0.3, -0.25) is 0 Å². The van der Waals surface area contributed by atoms with Crippen LogP contribution in [-0.4, -0.2) is 37.1 Å². The second-order valence-electron chi connectivity index (χ2n) is 5.51. The number of nitrogens with one attached hydrogen (secondary N) is 1. The Kier molecular flexibility index (Phi) is 5.39. The second kappa shape index (κ2) is 7.51. The van der Waals surface area contributed by atoms with E-state index in [0.29, 0.717) is 33.8 Å². The predicted octanol–water partition coefficient (Wildman–Crippen LogP) is 5.00. The molecular weight excluding hydrogens is 369 g/mol. The van der Waals surface area contributed by atoms with E-state index in [1.807, 2.05) is 24.3 Å². The molecule has 1 heterocycles. The fraction of sp³-hybridized carbons (Fsp3) is 0.235. The molecule has 126 valence electrons. The van der Waals surface area contributed by atoms with Gasteiger partial charge in [0.15, 0.2) is 0 Å². The maximum Gasteiger partial charge on any atom is 0.322 e. The summed E-state index contributed by atoms with van der Waals surface area (Å²) in [6.45, 7) is 2.74. The summed E-state index contributed by atoms with van der Waals surface area (Å²) in [6.07, 6.45) is 0. The number of rotatable bonds is 2. The summed E-state index contributed by atoms with van der Waals surface area (Å²) in [5.74, 6) is 0. The van der Waals surface area contributed by atoms with Crippen LogP contribution in [0.25, 0.3) is 0 Å². The summed E-state index contributed by atoms with van der Waals surface area (Å²) in [5, 5.41) is 4.52. The van der Waals surface area contributed by atoms with E-state index < -0.39 is 0 Å². The van der Waals surface area contributed by atoms with Crippen molar-refractivity contribution < 1.29 is 4.79 Å². The predicted molar refractivity (Wildman–Crippen MR) is 101 cm³/mol. The van der Waals surface area contributed by atoms with Crippen LogP contribution >= 0.6 is 34.8 Å². The van der Waals surface area contributed by atoms with Crippen LogP contribution < -0.4 is 10.2 Å². The van der Waals surface area contributed by atoms with Gasteiger partial charge >= 0.3 is 6.03 Å². The molecule has 0 spiro atoms. The minimum atomic E-state index is -0.176. The van der Waals surface area contributed by atoms with Crippen LogP contribution in [0.3, 0.4) is 0 Å². The number of hydrogen-bond acceptors (Lipinski definition) is 2. The molecule has 2 amide bonds. The Hall–Kier alpha value is -1.62. The molecule has 1 saturated heterocycles. The van der Waals surface area contributed by atoms with Gasteiger partial charge < -0.3 is 15.1 Å². The first-order valence-corrected chi connectivity index (χ1v) is 8.68. The van der Waals surface area contributed by atoms with Crippen molar-refractivity contribution in [1.29, 1.82) is 0 Å². The third kappa shape index (κ3) is 4.07. The van der Waals surface area contributed by atoms with E-state index in [1.54, 1.807) is 23.1 Å². The third-order valence-electron chi connectivity index (χ3n) is 3.91. The number of urea groups is 1. The van der Waals surface area contributed by atoms with Gasteiger partial charge in [0.25, 0.3) is 0 Å². The Balaban J connectivity index is 1.60. The minimum Gasteiger partial charge on any atom is -0.368 e. The minimum absolute atomic E-state index is 0.176. The maximum absolute atomic E-state index is 12.4. The largest absolute Gasteiger partial charge is 0.368 e. The lowest BCUT2D eigenvalue weighted by Crippen LogP contribution is -2.50. The molecule has 1 aliphatic rings. The van der Waals surface area contributed by atoms with Crippen LogP contribution in [0.4, 0.5) is 16.2 Å². The smallest absolute Gasteiger partial charge is 0.322 e. The number of anilines is 2. The van der Waals surface area contributed by atoms with Gasteiger partial charge in [-0.2, -0.15) is 0 Å². The Morgan fingerprint density at radius 1 is 0.917 bits per heavy atom. The number of piperazine rings is 1. The SMILES string of the molecule is O=C(Nc1cc(Cl)ccc1Cl)N1CCN(c2cccc(Cl)c2)CC1. The molecule has 24 heavy (non-hydrogen) atoms. The number of benzene rings is 2. The number of halogens is 3. The van der Waals surface area contributed by atoms with E-state index in [2.05, 4.69) is 10.2 Å². The molecule has 0 aromatic heterocycles. The lowest BCUT2D eigenvalue weighted by atomic mass is 10.2. The molecule has 0 bridgehead atoms. The number of nitrogens with zero attached hydrogens (tertiary/aromatic N) is 2. The van der Waals surface area contributed by atoms with Gasteiger partial charge in [-0.1, -0.05) is 40.9 Å². The average molecular weight is 385 g/mol. The molecule has 1 N–H and O–H groups in total. The Morgan fingerprint density at radius 3 is 2.33 bits per heavy atom. The van der Waals surface area contributed by atoms with E-state index in [0.717, 1.165) is 18.8 Å². The van der Waals surface area contributed by atoms with Crippen LogP contribution in [0.5, 0.6) is 0 Å². The molecule has 2 aromatic rings. The van der Waals surface area contributed by atoms with Gasteiger partial charge in [-0.05, 0) is 36.4 Å². The molecule has 0 atom stereocenters. The maximum atomic E-state index is 12.4. The van der Waals surface area contributed by atoms with Gasteiger partial charge in [0, 0.05) is 41.9 Å². The highest BCUT2D eigenvalue weighted by Crippen LogP contribution is 2.26. The Bertz CT molecular complexity index is 746. The van der Waals surface area contributed by atoms with E-state index >= 15 is 0 Å². The topological polar surface area (TPSA) is 35.6 Å². The van der Waals surface area contributed by atoms with E-state index in [9.17, 15) is 4.79 Å². The molecule has 0 saturated carbocycles. The number of carbonyl (C=O) groups excluding carboxylic acids is 1. The van der Waals surface area contributed by atoms with Gasteiger partial charge in [0.1, 0.15) is 0 Å². The van der Waals surface area contributed by atoms with Crippen molar-refractivity contribution in [1.82, 2.24) is 4.90 Å². The molecular formula is C17H16Cl3N3O. The number of hydrogen-bond donors (Lipinski definition) is 1. The van der Waals surface area contributed by atoms with Crippen molar-refractivity contribution in [2.75, 3.05) is 36.4 Å². The van der Waals surface area contributed by atoms with E-state index in [-0.39, 0.29) is 6.03 Å². The molecule has 3 rings (SSSR count). The molecule has 4 nitrogen and oxygen atoms in total. The lowest BCUT2D eigenvalue weighted by molar-refractivity contribution is 0.208. The van der Waals surface area contributed by atoms with Crippen molar-refractivity contribution in [2.45, 2.75) is 0 Å². The second-order valence-corrected chi connectivity index (χ2v) is 6.79. The summed E-state index contributed by atoms with van der Waals surface area (Å²) in [5.41, 5.74) is 1.59. The van der Waals surface area contributed by atoms with Crippen LogP contribution in [0.15, 0.2) is 42.5 Å². The first kappa shape index (κ1) is 17.2. The van der Waals surface area contributed by atoms with E-state index in [1.165, 1.54) is 0 Å². The highest BCUT2D eigenvalue weighted by molar-refractivity contribution is 6.35. The van der Waals surface area contributed by atoms with Crippen molar-refractivity contribution in [3.63, 3.8) is 0 Å². The Labute approximate surface area is 155 Å². The van der Waals surface area contributed by atoms with Crippen molar-refractivity contribution >= 4 is 52.2 Å². The summed E-state index contributed by atoms with van der Waals surface area (Å²) in [4.78, 5) is 16.4. The fourth-order valence-electron chi connectivity index (χ4n) is 2.63. The van der Waals surface area contributed by atoms with Crippen LogP contribution in [0, 0.1) is 0 Å². The normalized spacial score (nSPS) is 14.6. The quantitative estimate of drug-likeness (QED) is 0.791. The summed E-state index contributed by atoms with van der Waals surface area (Å²) < 4.78 is 0. The molecule has 1 aliphatic heterocycles. The fourth-order valence-corrected chi connectivity index (χ4v) is 3.15. The highest BCUT2D eigenvalue weighted by atomic mass is 35.5. The van der Waals surface area contributed by atoms with Crippen molar-refractivity contribution in [2.24, 2.45) is 0 Å². The monoisotopic (exact) mass is 383 g/mol. The average Bonchev–Trinajstić information content (AvgIpc) is 2.58. The van der Waals surface area contributed by atoms with Crippen LogP contribution in [-0.2, 0) is 0 Å². The molecule has 2 aromatic carbocycles. The first-order chi connectivity index (χ1) is 11.5. The van der Waals surface area contributed by atoms with E-state index in [4.69, 9.17) is 34.8 Å². The molecule has 1 fully saturated rings. The van der Waals surface area contributed by atoms with Gasteiger partial charge in [0.2, 0.25) is 0 Å². The first-order valence-electron chi connectivity index (χ1n) is 7.54. The Morgan fingerprint density at radius 2 is 1.62 bits per heavy atom. The zero-order valence-corrected chi connectivity index (χ0v) is 15.1. The standard InChI is InChI=1S/C17H16Cl3N3O/c18-12-2-1-3-14(10-12)22-6-8-23(9-7-22)17(24)21-16-11-13(19)4-5-15(16)20/h1-5,10-11H,6-9H2,(H,21,24). The van der Waals surface area contributed by atoms with Gasteiger partial charge in [0.05, 0.1) is 10.7 Å². The van der Waals surface area contributed by atoms with Crippen LogP contribution in [0.2, 0.25) is 15.1 Å². The van der Waals surface area contributed by atoms with Crippen molar-refractivity contribution in [3.8, 4) is 0 Å². The summed E-state index contributed by atoms with van der Waals surface area (Å²) in [7, 11) is 0. The zero-order chi connectivity index (χ0) is 17.1. The van der Waals surface area contributed by atoms with Crippen LogP contribution in [0.1, 0.15) is 0 Å². The van der Waals surface area contributed by atoms with Crippen molar-refractivity contribution in [3.05, 3.63) is 57.5 Å². The highest BCUT2D eigenvalue weighted by Gasteiger charge is 2.22. The lowest BCUT2D eigenvalue weighted by Gasteiger charge is -2.36. The molecule has 7 heteroatoms. The summed E-state index contributed by atoms with van der Waals surface area (Å²) >= 11 is 18.1. The molecule has 0 radical (unpaired) electrons. The van der Waals surface area contributed by atoms with Gasteiger partial charge in [-0.15, -0.1) is 0 Å². The van der Waals surface area contributed by atoms with Gasteiger partial charge in [-0.25, -0.2) is 4.79 Å². The summed E-state index contributed by atoms with van der Waals surface area (Å²) in [6, 6.07) is 12.5. The number of amides is 2. The third-order valence-corrected chi connectivity index (χ3v) is 4.71. The number of carbonyl (C=O) groups is 1. The zero-order valence-electron chi connectivity index (χ0n) is 12.8. The molecule has 0 aliphatic carbocycles.